The van der Waals surface area contributed by atoms with E-state index in [-0.39, 0.29) is 12.0 Å². The van der Waals surface area contributed by atoms with E-state index in [1.165, 1.54) is 0 Å². The van der Waals surface area contributed by atoms with Crippen molar-refractivity contribution < 1.29 is 19.2 Å². The van der Waals surface area contributed by atoms with Crippen LogP contribution in [0, 0.1) is 11.8 Å². The number of anilines is 2. The maximum atomic E-state index is 12.9. The van der Waals surface area contributed by atoms with Gasteiger partial charge < -0.3 is 30.4 Å². The second kappa shape index (κ2) is 8.92. The lowest BCUT2D eigenvalue weighted by molar-refractivity contribution is -0.110. The molecule has 3 aliphatic heterocycles. The van der Waals surface area contributed by atoms with Crippen LogP contribution in [0.1, 0.15) is 31.9 Å². The second-order valence-electron chi connectivity index (χ2n) is 10.9. The number of piperidine rings is 1. The Morgan fingerprint density at radius 1 is 1.03 bits per heavy atom. The van der Waals surface area contributed by atoms with Crippen LogP contribution < -0.4 is 16.0 Å². The summed E-state index contributed by atoms with van der Waals surface area (Å²) in [6.07, 6.45) is -0.230. The van der Waals surface area contributed by atoms with Crippen molar-refractivity contribution in [1.82, 2.24) is 10.2 Å². The summed E-state index contributed by atoms with van der Waals surface area (Å²) < 4.78 is 5.48. The maximum Gasteiger partial charge on any atom is 0.410 e. The van der Waals surface area contributed by atoms with Crippen molar-refractivity contribution >= 4 is 34.7 Å². The van der Waals surface area contributed by atoms with Crippen LogP contribution in [0.3, 0.4) is 0 Å². The molecule has 9 nitrogen and oxygen atoms in total. The third-order valence-electron chi connectivity index (χ3n) is 7.18. The van der Waals surface area contributed by atoms with Gasteiger partial charge >= 0.3 is 6.09 Å². The van der Waals surface area contributed by atoms with Crippen LogP contribution in [-0.2, 0) is 14.4 Å². The molecule has 2 aromatic carbocycles. The van der Waals surface area contributed by atoms with Crippen molar-refractivity contribution in [2.45, 2.75) is 32.4 Å². The van der Waals surface area contributed by atoms with Crippen LogP contribution in [0.2, 0.25) is 0 Å². The first-order chi connectivity index (χ1) is 17.8. The summed E-state index contributed by atoms with van der Waals surface area (Å²) in [5.74, 6) is 0.760. The molecule has 0 radical (unpaired) electrons. The van der Waals surface area contributed by atoms with Crippen molar-refractivity contribution in [1.29, 1.82) is 0 Å². The Morgan fingerprint density at radius 3 is 2.38 bits per heavy atom. The third kappa shape index (κ3) is 4.44. The fourth-order valence-electron chi connectivity index (χ4n) is 5.45. The van der Waals surface area contributed by atoms with Crippen LogP contribution in [0.15, 0.2) is 59.4 Å². The van der Waals surface area contributed by atoms with E-state index in [1.54, 1.807) is 4.90 Å². The topological polar surface area (TPSA) is 104 Å². The predicted octanol–water partition coefficient (Wildman–Crippen LogP) is 3.65. The van der Waals surface area contributed by atoms with E-state index >= 15 is 0 Å². The minimum absolute atomic E-state index is 0.161. The molecule has 2 fully saturated rings. The van der Waals surface area contributed by atoms with Crippen LogP contribution in [0.4, 0.5) is 16.2 Å². The second-order valence-corrected chi connectivity index (χ2v) is 10.9. The fraction of sp³-hybridized carbons (Fsp3) is 0.393. The Balaban J connectivity index is 1.08. The summed E-state index contributed by atoms with van der Waals surface area (Å²) in [5, 5.41) is 14.3. The zero-order valence-corrected chi connectivity index (χ0v) is 21.2. The first kappa shape index (κ1) is 23.5. The monoisotopic (exact) mass is 501 g/mol. The molecule has 3 N–H and O–H groups in total. The largest absolute Gasteiger partial charge is 0.444 e. The molecule has 3 heterocycles. The molecule has 37 heavy (non-hydrogen) atoms. The van der Waals surface area contributed by atoms with E-state index in [0.717, 1.165) is 35.6 Å². The average molecular weight is 502 g/mol. The molecule has 2 unspecified atom stereocenters. The van der Waals surface area contributed by atoms with E-state index < -0.39 is 5.60 Å². The highest BCUT2D eigenvalue weighted by Crippen LogP contribution is 2.45. The summed E-state index contributed by atoms with van der Waals surface area (Å²) in [6, 6.07) is 15.9. The van der Waals surface area contributed by atoms with Gasteiger partial charge in [-0.3, -0.25) is 4.79 Å². The number of carbonyl (C=O) groups is 2. The molecule has 0 spiro atoms. The lowest BCUT2D eigenvalue weighted by Crippen LogP contribution is -2.39. The van der Waals surface area contributed by atoms with Crippen LogP contribution >= 0.6 is 0 Å². The van der Waals surface area contributed by atoms with Crippen molar-refractivity contribution in [3.63, 3.8) is 0 Å². The molecule has 192 valence electrons. The Bertz CT molecular complexity index is 1320. The highest BCUT2D eigenvalue weighted by molar-refractivity contribution is 6.39. The van der Waals surface area contributed by atoms with Gasteiger partial charge in [-0.25, -0.2) is 4.79 Å². The Morgan fingerprint density at radius 2 is 1.68 bits per heavy atom. The molecule has 0 bridgehead atoms. The molecule has 2 aromatic rings. The van der Waals surface area contributed by atoms with Crippen molar-refractivity contribution in [3.8, 4) is 0 Å². The summed E-state index contributed by atoms with van der Waals surface area (Å²) in [7, 11) is 0. The predicted molar refractivity (Wildman–Crippen MR) is 141 cm³/mol. The van der Waals surface area contributed by atoms with Crippen LogP contribution in [-0.4, -0.2) is 60.5 Å². The van der Waals surface area contributed by atoms with E-state index in [9.17, 15) is 9.59 Å². The number of nitrogens with one attached hydrogen (secondary N) is 3. The van der Waals surface area contributed by atoms with Gasteiger partial charge in [-0.1, -0.05) is 41.6 Å². The van der Waals surface area contributed by atoms with E-state index in [4.69, 9.17) is 9.57 Å². The number of nitrogens with zero attached hydrogens (tertiary/aromatic N) is 2. The van der Waals surface area contributed by atoms with Crippen molar-refractivity contribution in [2.75, 3.05) is 36.9 Å². The normalized spacial score (nSPS) is 26.4. The summed E-state index contributed by atoms with van der Waals surface area (Å²) in [5.41, 5.74) is 4.78. The molecule has 1 saturated heterocycles. The molecule has 6 rings (SSSR count). The first-order valence-corrected chi connectivity index (χ1v) is 12.7. The number of fused-ring (bicyclic) bond motifs is 3. The number of hydrogen-bond donors (Lipinski definition) is 3. The highest BCUT2D eigenvalue weighted by atomic mass is 16.6. The number of oxime groups is 1. The lowest BCUT2D eigenvalue weighted by Gasteiger charge is -2.26. The van der Waals surface area contributed by atoms with Gasteiger partial charge in [0.2, 0.25) is 0 Å². The van der Waals surface area contributed by atoms with Gasteiger partial charge in [-0.2, -0.15) is 0 Å². The minimum atomic E-state index is -0.476. The zero-order chi connectivity index (χ0) is 25.7. The van der Waals surface area contributed by atoms with Gasteiger partial charge in [0.25, 0.3) is 5.91 Å². The Hall–Kier alpha value is -3.85. The first-order valence-electron chi connectivity index (χ1n) is 12.7. The van der Waals surface area contributed by atoms with Crippen molar-refractivity contribution in [2.24, 2.45) is 17.0 Å². The molecule has 1 saturated carbocycles. The quantitative estimate of drug-likeness (QED) is 0.328. The SMILES string of the molecule is CC(C)(C)OC(=O)N1CC2C(C1)C2NCCO/N=C1/C(=C2/C(=O)Nc3ccccc32)Nc2ccccc21. The van der Waals surface area contributed by atoms with Gasteiger partial charge in [-0.05, 0) is 44.7 Å². The number of hydrogen-bond acceptors (Lipinski definition) is 7. The Labute approximate surface area is 215 Å². The molecular formula is C28H31N5O4. The number of benzene rings is 2. The van der Waals surface area contributed by atoms with Crippen LogP contribution in [0.25, 0.3) is 5.57 Å². The molecule has 4 aliphatic rings. The molecule has 0 aromatic heterocycles. The minimum Gasteiger partial charge on any atom is -0.444 e. The number of allylic oxidation sites excluding steroid dienone is 1. The van der Waals surface area contributed by atoms with E-state index in [2.05, 4.69) is 21.1 Å². The van der Waals surface area contributed by atoms with Crippen LogP contribution in [0.5, 0.6) is 0 Å². The third-order valence-corrected chi connectivity index (χ3v) is 7.18. The van der Waals surface area contributed by atoms with Gasteiger partial charge in [-0.15, -0.1) is 0 Å². The van der Waals surface area contributed by atoms with E-state index in [0.29, 0.717) is 48.0 Å². The molecular weight excluding hydrogens is 470 g/mol. The fourth-order valence-corrected chi connectivity index (χ4v) is 5.45. The zero-order valence-electron chi connectivity index (χ0n) is 21.2. The number of rotatable bonds is 5. The number of amides is 2. The smallest absolute Gasteiger partial charge is 0.410 e. The summed E-state index contributed by atoms with van der Waals surface area (Å²) >= 11 is 0. The molecule has 1 aliphatic carbocycles. The average Bonchev–Trinajstić information content (AvgIpc) is 3.19. The summed E-state index contributed by atoms with van der Waals surface area (Å²) in [4.78, 5) is 32.7. The highest BCUT2D eigenvalue weighted by Gasteiger charge is 2.56. The maximum absolute atomic E-state index is 12.9. The number of carbonyl (C=O) groups excluding carboxylic acids is 2. The number of para-hydroxylation sites is 2. The molecule has 2 amide bonds. The van der Waals surface area contributed by atoms with Crippen molar-refractivity contribution in [3.05, 3.63) is 65.4 Å². The lowest BCUT2D eigenvalue weighted by atomic mass is 10.0. The standard InChI is InChI=1S/C28H31N5O4/c1-28(2,3)37-27(35)33-14-18-19(15-33)23(18)29-12-13-36-32-24-17-9-5-7-11-21(17)30-25(24)22-16-8-4-6-10-20(16)31-26(22)34/h4-11,18-19,23,29-30H,12-15H2,1-3H3,(H,31,34)/b25-22-,32-24+. The van der Waals surface area contributed by atoms with Gasteiger partial charge in [0.05, 0.1) is 11.3 Å². The molecule has 9 heteroatoms. The van der Waals surface area contributed by atoms with E-state index in [1.807, 2.05) is 69.3 Å². The van der Waals surface area contributed by atoms with Gasteiger partial charge in [0.1, 0.15) is 17.9 Å². The van der Waals surface area contributed by atoms with Gasteiger partial charge in [0.15, 0.2) is 0 Å². The number of likely N-dealkylation sites (tertiary alicyclic amines) is 1. The number of ether oxygens (including phenoxy) is 1. The summed E-state index contributed by atoms with van der Waals surface area (Å²) in [6.45, 7) is 8.14. The molecule has 2 atom stereocenters. The Kier molecular flexibility index (Phi) is 5.67. The van der Waals surface area contributed by atoms with Gasteiger partial charge in [0, 0.05) is 48.2 Å².